The van der Waals surface area contributed by atoms with Crippen LogP contribution in [0, 0.1) is 5.92 Å². The molecule has 0 fully saturated rings. The van der Waals surface area contributed by atoms with Crippen LogP contribution in [0.15, 0.2) is 37.0 Å². The Morgan fingerprint density at radius 2 is 2.09 bits per heavy atom. The third kappa shape index (κ3) is 5.65. The van der Waals surface area contributed by atoms with Gasteiger partial charge in [-0.1, -0.05) is 37.3 Å². The lowest BCUT2D eigenvalue weighted by molar-refractivity contribution is 0.828. The summed E-state index contributed by atoms with van der Waals surface area (Å²) < 4.78 is 0. The van der Waals surface area contributed by atoms with E-state index in [9.17, 15) is 0 Å². The standard InChI is InChI=1S/C11H18/c1-4-7-9-11(6-3)10-8-5-2/h4,6-8,10-11H,3,5,9H2,1-2H3. The highest BCUT2D eigenvalue weighted by Gasteiger charge is 1.93. The Hall–Kier alpha value is -0.780. The highest BCUT2D eigenvalue weighted by molar-refractivity contribution is 5.00. The van der Waals surface area contributed by atoms with Crippen LogP contribution in [0.1, 0.15) is 26.7 Å². The summed E-state index contributed by atoms with van der Waals surface area (Å²) in [4.78, 5) is 0. The molecule has 0 heteroatoms. The van der Waals surface area contributed by atoms with Crippen LogP contribution in [-0.2, 0) is 0 Å². The van der Waals surface area contributed by atoms with Crippen LogP contribution in [0.25, 0.3) is 0 Å². The molecule has 0 aliphatic heterocycles. The summed E-state index contributed by atoms with van der Waals surface area (Å²) >= 11 is 0. The molecule has 0 saturated heterocycles. The first-order chi connectivity index (χ1) is 5.35. The second kappa shape index (κ2) is 7.33. The molecule has 0 spiro atoms. The zero-order valence-electron chi connectivity index (χ0n) is 7.59. The van der Waals surface area contributed by atoms with Gasteiger partial charge in [0.25, 0.3) is 0 Å². The van der Waals surface area contributed by atoms with Crippen molar-refractivity contribution in [1.82, 2.24) is 0 Å². The summed E-state index contributed by atoms with van der Waals surface area (Å²) in [5.41, 5.74) is 0. The highest BCUT2D eigenvalue weighted by atomic mass is 14.0. The van der Waals surface area contributed by atoms with E-state index >= 15 is 0 Å². The number of allylic oxidation sites excluding steroid dienone is 5. The predicted octanol–water partition coefficient (Wildman–Crippen LogP) is 3.72. The third-order valence-electron chi connectivity index (χ3n) is 1.57. The SMILES string of the molecule is C=CC(C=CCC)CC=CC. The molecule has 0 rings (SSSR count). The Balaban J connectivity index is 3.75. The minimum atomic E-state index is 0.520. The van der Waals surface area contributed by atoms with Gasteiger partial charge in [-0.25, -0.2) is 0 Å². The molecule has 1 atom stereocenters. The van der Waals surface area contributed by atoms with Gasteiger partial charge < -0.3 is 0 Å². The molecule has 0 aromatic carbocycles. The van der Waals surface area contributed by atoms with Gasteiger partial charge in [-0.15, -0.1) is 6.58 Å². The lowest BCUT2D eigenvalue weighted by Crippen LogP contribution is -1.87. The Labute approximate surface area is 70.3 Å². The fraction of sp³-hybridized carbons (Fsp3) is 0.455. The fourth-order valence-corrected chi connectivity index (χ4v) is 0.857. The van der Waals surface area contributed by atoms with Crippen LogP contribution in [-0.4, -0.2) is 0 Å². The number of hydrogen-bond acceptors (Lipinski definition) is 0. The van der Waals surface area contributed by atoms with Gasteiger partial charge in [0.1, 0.15) is 0 Å². The summed E-state index contributed by atoms with van der Waals surface area (Å²) in [6, 6.07) is 0. The van der Waals surface area contributed by atoms with E-state index < -0.39 is 0 Å². The Kier molecular flexibility index (Phi) is 6.81. The zero-order valence-corrected chi connectivity index (χ0v) is 7.59. The van der Waals surface area contributed by atoms with E-state index in [-0.39, 0.29) is 0 Å². The van der Waals surface area contributed by atoms with Gasteiger partial charge in [0.2, 0.25) is 0 Å². The van der Waals surface area contributed by atoms with Crippen LogP contribution in [0.3, 0.4) is 0 Å². The first kappa shape index (κ1) is 10.2. The van der Waals surface area contributed by atoms with Crippen molar-refractivity contribution < 1.29 is 0 Å². The average Bonchev–Trinajstić information content (AvgIpc) is 2.05. The molecule has 11 heavy (non-hydrogen) atoms. The largest absolute Gasteiger partial charge is 0.102 e. The summed E-state index contributed by atoms with van der Waals surface area (Å²) in [6.07, 6.45) is 12.8. The topological polar surface area (TPSA) is 0 Å². The molecular weight excluding hydrogens is 132 g/mol. The van der Waals surface area contributed by atoms with Crippen LogP contribution in [0.2, 0.25) is 0 Å². The first-order valence-electron chi connectivity index (χ1n) is 4.25. The van der Waals surface area contributed by atoms with Crippen molar-refractivity contribution in [2.75, 3.05) is 0 Å². The molecule has 0 N–H and O–H groups in total. The summed E-state index contributed by atoms with van der Waals surface area (Å²) in [5, 5.41) is 0. The zero-order chi connectivity index (χ0) is 8.53. The van der Waals surface area contributed by atoms with Crippen LogP contribution in [0.5, 0.6) is 0 Å². The van der Waals surface area contributed by atoms with Gasteiger partial charge in [-0.2, -0.15) is 0 Å². The normalized spacial score (nSPS) is 14.4. The van der Waals surface area contributed by atoms with Crippen LogP contribution < -0.4 is 0 Å². The molecule has 0 bridgehead atoms. The highest BCUT2D eigenvalue weighted by Crippen LogP contribution is 2.07. The van der Waals surface area contributed by atoms with Crippen molar-refractivity contribution >= 4 is 0 Å². The molecule has 0 nitrogen and oxygen atoms in total. The van der Waals surface area contributed by atoms with Crippen molar-refractivity contribution in [1.29, 1.82) is 0 Å². The molecule has 0 saturated carbocycles. The van der Waals surface area contributed by atoms with Crippen molar-refractivity contribution in [3.8, 4) is 0 Å². The van der Waals surface area contributed by atoms with Crippen molar-refractivity contribution in [2.45, 2.75) is 26.7 Å². The molecule has 0 aromatic rings. The third-order valence-corrected chi connectivity index (χ3v) is 1.57. The first-order valence-corrected chi connectivity index (χ1v) is 4.25. The Bertz CT molecular complexity index is 140. The summed E-state index contributed by atoms with van der Waals surface area (Å²) in [6.45, 7) is 7.97. The van der Waals surface area contributed by atoms with E-state index in [2.05, 4.69) is 37.8 Å². The van der Waals surface area contributed by atoms with Crippen LogP contribution >= 0.6 is 0 Å². The van der Waals surface area contributed by atoms with E-state index in [4.69, 9.17) is 0 Å². The van der Waals surface area contributed by atoms with Crippen molar-refractivity contribution in [2.24, 2.45) is 5.92 Å². The van der Waals surface area contributed by atoms with Crippen LogP contribution in [0.4, 0.5) is 0 Å². The maximum atomic E-state index is 3.78. The molecule has 0 aromatic heterocycles. The second-order valence-corrected chi connectivity index (χ2v) is 2.54. The molecule has 62 valence electrons. The van der Waals surface area contributed by atoms with Gasteiger partial charge in [0.05, 0.1) is 0 Å². The minimum Gasteiger partial charge on any atom is -0.102 e. The Morgan fingerprint density at radius 1 is 1.36 bits per heavy atom. The fourth-order valence-electron chi connectivity index (χ4n) is 0.857. The molecule has 0 amide bonds. The Morgan fingerprint density at radius 3 is 2.55 bits per heavy atom. The molecule has 0 heterocycles. The van der Waals surface area contributed by atoms with Gasteiger partial charge in [0, 0.05) is 0 Å². The van der Waals surface area contributed by atoms with E-state index in [1.54, 1.807) is 0 Å². The number of rotatable bonds is 5. The summed E-state index contributed by atoms with van der Waals surface area (Å²) in [7, 11) is 0. The lowest BCUT2D eigenvalue weighted by atomic mass is 10.0. The molecule has 1 unspecified atom stereocenters. The van der Waals surface area contributed by atoms with Crippen molar-refractivity contribution in [3.05, 3.63) is 37.0 Å². The predicted molar refractivity (Wildman–Crippen MR) is 52.5 cm³/mol. The second-order valence-electron chi connectivity index (χ2n) is 2.54. The van der Waals surface area contributed by atoms with E-state index in [0.29, 0.717) is 5.92 Å². The summed E-state index contributed by atoms with van der Waals surface area (Å²) in [5.74, 6) is 0.520. The van der Waals surface area contributed by atoms with Crippen molar-refractivity contribution in [3.63, 3.8) is 0 Å². The van der Waals surface area contributed by atoms with Gasteiger partial charge in [-0.3, -0.25) is 0 Å². The molecule has 0 radical (unpaired) electrons. The minimum absolute atomic E-state index is 0.520. The molecule has 0 aliphatic rings. The quantitative estimate of drug-likeness (QED) is 0.524. The van der Waals surface area contributed by atoms with Gasteiger partial charge in [-0.05, 0) is 25.7 Å². The maximum Gasteiger partial charge on any atom is -0.00217 e. The van der Waals surface area contributed by atoms with Gasteiger partial charge in [0.15, 0.2) is 0 Å². The van der Waals surface area contributed by atoms with E-state index in [1.165, 1.54) is 0 Å². The van der Waals surface area contributed by atoms with E-state index in [1.807, 2.05) is 13.0 Å². The number of hydrogen-bond donors (Lipinski definition) is 0. The maximum absolute atomic E-state index is 3.78. The lowest BCUT2D eigenvalue weighted by Gasteiger charge is -2.01. The average molecular weight is 150 g/mol. The smallest absolute Gasteiger partial charge is 0.00217 e. The van der Waals surface area contributed by atoms with Gasteiger partial charge >= 0.3 is 0 Å². The molecule has 0 aliphatic carbocycles. The molecular formula is C11H18. The van der Waals surface area contributed by atoms with E-state index in [0.717, 1.165) is 12.8 Å². The monoisotopic (exact) mass is 150 g/mol.